The van der Waals surface area contributed by atoms with E-state index in [1.165, 1.54) is 9.87 Å². The van der Waals surface area contributed by atoms with E-state index < -0.39 is 10.0 Å². The number of aryl methyl sites for hydroxylation is 1. The number of piperidine rings is 1. The van der Waals surface area contributed by atoms with Gasteiger partial charge in [0.1, 0.15) is 11.9 Å². The summed E-state index contributed by atoms with van der Waals surface area (Å²) in [6, 6.07) is 10.8. The average Bonchev–Trinajstić information content (AvgIpc) is 2.64. The number of sulfonamides is 1. The van der Waals surface area contributed by atoms with Crippen molar-refractivity contribution in [2.75, 3.05) is 13.1 Å². The molecule has 3 rings (SSSR count). The lowest BCUT2D eigenvalue weighted by Crippen LogP contribution is -2.44. The molecule has 6 heteroatoms. The predicted octanol–water partition coefficient (Wildman–Crippen LogP) is 3.27. The van der Waals surface area contributed by atoms with Gasteiger partial charge in [0, 0.05) is 18.9 Å². The van der Waals surface area contributed by atoms with Crippen molar-refractivity contribution in [2.24, 2.45) is 0 Å². The van der Waals surface area contributed by atoms with Crippen LogP contribution in [0.15, 0.2) is 53.7 Å². The highest BCUT2D eigenvalue weighted by Gasteiger charge is 2.31. The highest BCUT2D eigenvalue weighted by molar-refractivity contribution is 7.89. The summed E-state index contributed by atoms with van der Waals surface area (Å²) in [6.07, 6.45) is 6.87. The Morgan fingerprint density at radius 3 is 2.56 bits per heavy atom. The normalized spacial score (nSPS) is 18.8. The molecule has 1 aromatic heterocycles. The van der Waals surface area contributed by atoms with E-state index in [9.17, 15) is 8.42 Å². The molecular weight excluding hydrogens is 336 g/mol. The monoisotopic (exact) mass is 360 g/mol. The van der Waals surface area contributed by atoms with E-state index in [0.717, 1.165) is 31.4 Å². The Balaban J connectivity index is 1.71. The van der Waals surface area contributed by atoms with Crippen LogP contribution in [-0.4, -0.2) is 36.9 Å². The fraction of sp³-hybridized carbons (Fsp3) is 0.421. The van der Waals surface area contributed by atoms with Crippen molar-refractivity contribution in [1.82, 2.24) is 9.29 Å². The maximum atomic E-state index is 12.9. The Morgan fingerprint density at radius 1 is 1.16 bits per heavy atom. The summed E-state index contributed by atoms with van der Waals surface area (Å²) >= 11 is 0. The van der Waals surface area contributed by atoms with Crippen LogP contribution >= 0.6 is 0 Å². The zero-order chi connectivity index (χ0) is 17.7. The number of hydrogen-bond acceptors (Lipinski definition) is 4. The van der Waals surface area contributed by atoms with Crippen LogP contribution in [0.4, 0.5) is 0 Å². The van der Waals surface area contributed by atoms with Crippen LogP contribution in [0.5, 0.6) is 5.75 Å². The fourth-order valence-electron chi connectivity index (χ4n) is 3.09. The Bertz CT molecular complexity index is 776. The quantitative estimate of drug-likeness (QED) is 0.793. The van der Waals surface area contributed by atoms with Crippen LogP contribution in [0.3, 0.4) is 0 Å². The van der Waals surface area contributed by atoms with Crippen molar-refractivity contribution in [3.63, 3.8) is 0 Å². The van der Waals surface area contributed by atoms with Gasteiger partial charge in [-0.3, -0.25) is 4.98 Å². The molecule has 25 heavy (non-hydrogen) atoms. The molecule has 1 aliphatic heterocycles. The first-order chi connectivity index (χ1) is 12.1. The van der Waals surface area contributed by atoms with Crippen molar-refractivity contribution in [2.45, 2.75) is 43.6 Å². The second-order valence-electron chi connectivity index (χ2n) is 6.32. The van der Waals surface area contributed by atoms with Gasteiger partial charge in [-0.1, -0.05) is 25.5 Å². The van der Waals surface area contributed by atoms with Gasteiger partial charge in [0.15, 0.2) is 0 Å². The zero-order valence-electron chi connectivity index (χ0n) is 14.5. The van der Waals surface area contributed by atoms with E-state index in [4.69, 9.17) is 4.74 Å². The van der Waals surface area contributed by atoms with Crippen molar-refractivity contribution >= 4 is 10.0 Å². The Kier molecular flexibility index (Phi) is 5.71. The van der Waals surface area contributed by atoms with E-state index in [1.807, 2.05) is 12.1 Å². The minimum atomic E-state index is -3.48. The van der Waals surface area contributed by atoms with Crippen LogP contribution in [0.2, 0.25) is 0 Å². The topological polar surface area (TPSA) is 59.5 Å². The Morgan fingerprint density at radius 2 is 1.88 bits per heavy atom. The van der Waals surface area contributed by atoms with Gasteiger partial charge >= 0.3 is 0 Å². The highest BCUT2D eigenvalue weighted by Crippen LogP contribution is 2.24. The molecule has 1 aliphatic rings. The molecule has 1 unspecified atom stereocenters. The molecule has 1 atom stereocenters. The minimum Gasteiger partial charge on any atom is -0.489 e. The SMILES string of the molecule is CCCc1ccc(S(=O)(=O)N2CCCC(Oc3ccncc3)C2)cc1. The lowest BCUT2D eigenvalue weighted by atomic mass is 10.1. The van der Waals surface area contributed by atoms with Crippen LogP contribution in [-0.2, 0) is 16.4 Å². The summed E-state index contributed by atoms with van der Waals surface area (Å²) in [7, 11) is -3.48. The van der Waals surface area contributed by atoms with E-state index in [1.54, 1.807) is 36.7 Å². The second-order valence-corrected chi connectivity index (χ2v) is 8.26. The molecule has 0 radical (unpaired) electrons. The van der Waals surface area contributed by atoms with Crippen molar-refractivity contribution in [3.8, 4) is 5.75 Å². The van der Waals surface area contributed by atoms with Crippen LogP contribution in [0, 0.1) is 0 Å². The molecule has 2 aromatic rings. The number of ether oxygens (including phenoxy) is 1. The van der Waals surface area contributed by atoms with Crippen LogP contribution in [0.25, 0.3) is 0 Å². The van der Waals surface area contributed by atoms with Gasteiger partial charge in [-0.25, -0.2) is 8.42 Å². The number of pyridine rings is 1. The number of benzene rings is 1. The molecule has 2 heterocycles. The van der Waals surface area contributed by atoms with E-state index in [0.29, 0.717) is 18.0 Å². The van der Waals surface area contributed by atoms with Crippen molar-refractivity contribution < 1.29 is 13.2 Å². The summed E-state index contributed by atoms with van der Waals surface area (Å²) < 4.78 is 33.3. The lowest BCUT2D eigenvalue weighted by molar-refractivity contribution is 0.129. The van der Waals surface area contributed by atoms with Gasteiger partial charge in [-0.15, -0.1) is 0 Å². The molecule has 0 bridgehead atoms. The molecular formula is C19H24N2O3S. The third kappa shape index (κ3) is 4.38. The summed E-state index contributed by atoms with van der Waals surface area (Å²) in [5.41, 5.74) is 1.17. The third-order valence-electron chi connectivity index (χ3n) is 4.39. The molecule has 1 fully saturated rings. The molecule has 0 N–H and O–H groups in total. The van der Waals surface area contributed by atoms with Gasteiger partial charge in [-0.05, 0) is 49.1 Å². The van der Waals surface area contributed by atoms with Gasteiger partial charge in [-0.2, -0.15) is 4.31 Å². The molecule has 134 valence electrons. The van der Waals surface area contributed by atoms with E-state index >= 15 is 0 Å². The molecule has 0 aliphatic carbocycles. The summed E-state index contributed by atoms with van der Waals surface area (Å²) in [6.45, 7) is 3.03. The Labute approximate surface area is 149 Å². The summed E-state index contributed by atoms with van der Waals surface area (Å²) in [4.78, 5) is 4.32. The number of hydrogen-bond donors (Lipinski definition) is 0. The predicted molar refractivity (Wildman–Crippen MR) is 97.1 cm³/mol. The second kappa shape index (κ2) is 7.97. The number of nitrogens with zero attached hydrogens (tertiary/aromatic N) is 2. The van der Waals surface area contributed by atoms with Gasteiger partial charge < -0.3 is 4.74 Å². The summed E-state index contributed by atoms with van der Waals surface area (Å²) in [5, 5.41) is 0. The van der Waals surface area contributed by atoms with E-state index in [-0.39, 0.29) is 6.10 Å². The first-order valence-corrected chi connectivity index (χ1v) is 10.2. The fourth-order valence-corrected chi connectivity index (χ4v) is 4.60. The van der Waals surface area contributed by atoms with Crippen molar-refractivity contribution in [3.05, 3.63) is 54.4 Å². The van der Waals surface area contributed by atoms with Crippen molar-refractivity contribution in [1.29, 1.82) is 0 Å². The molecule has 1 saturated heterocycles. The van der Waals surface area contributed by atoms with Gasteiger partial charge in [0.25, 0.3) is 0 Å². The largest absolute Gasteiger partial charge is 0.489 e. The first kappa shape index (κ1) is 17.9. The smallest absolute Gasteiger partial charge is 0.243 e. The molecule has 0 spiro atoms. The summed E-state index contributed by atoms with van der Waals surface area (Å²) in [5.74, 6) is 0.725. The Hall–Kier alpha value is -1.92. The molecule has 1 aromatic carbocycles. The zero-order valence-corrected chi connectivity index (χ0v) is 15.3. The highest BCUT2D eigenvalue weighted by atomic mass is 32.2. The maximum Gasteiger partial charge on any atom is 0.243 e. The molecule has 0 saturated carbocycles. The van der Waals surface area contributed by atoms with Gasteiger partial charge in [0.2, 0.25) is 10.0 Å². The number of aromatic nitrogens is 1. The van der Waals surface area contributed by atoms with E-state index in [2.05, 4.69) is 11.9 Å². The first-order valence-electron chi connectivity index (χ1n) is 8.75. The van der Waals surface area contributed by atoms with Crippen LogP contribution in [0.1, 0.15) is 31.7 Å². The van der Waals surface area contributed by atoms with Gasteiger partial charge in [0.05, 0.1) is 11.4 Å². The average molecular weight is 360 g/mol. The third-order valence-corrected chi connectivity index (χ3v) is 6.27. The molecule has 5 nitrogen and oxygen atoms in total. The number of rotatable bonds is 6. The maximum absolute atomic E-state index is 12.9. The van der Waals surface area contributed by atoms with Crippen LogP contribution < -0.4 is 4.74 Å². The lowest BCUT2D eigenvalue weighted by Gasteiger charge is -2.32. The minimum absolute atomic E-state index is 0.134. The molecule has 0 amide bonds. The standard InChI is InChI=1S/C19H24N2O3S/c1-2-4-16-6-8-19(9-7-16)25(22,23)21-14-3-5-18(15-21)24-17-10-12-20-13-11-17/h6-13,18H,2-5,14-15H2,1H3.